The summed E-state index contributed by atoms with van der Waals surface area (Å²) in [6, 6.07) is 4.07. The van der Waals surface area contributed by atoms with E-state index in [0.29, 0.717) is 17.2 Å². The van der Waals surface area contributed by atoms with Gasteiger partial charge in [0.2, 0.25) is 0 Å². The summed E-state index contributed by atoms with van der Waals surface area (Å²) in [7, 11) is 3.92. The first-order valence-electron chi connectivity index (χ1n) is 10.2. The third-order valence-corrected chi connectivity index (χ3v) is 7.20. The van der Waals surface area contributed by atoms with Gasteiger partial charge in [0.05, 0.1) is 16.3 Å². The molecule has 1 unspecified atom stereocenters. The van der Waals surface area contributed by atoms with Crippen LogP contribution >= 0.6 is 11.3 Å². The third-order valence-electron chi connectivity index (χ3n) is 5.83. The Bertz CT molecular complexity index is 1000. The molecule has 0 bridgehead atoms. The maximum absolute atomic E-state index is 14.7. The molecule has 5 nitrogen and oxygen atoms in total. The van der Waals surface area contributed by atoms with Crippen LogP contribution < -0.4 is 15.9 Å². The first-order chi connectivity index (χ1) is 14.0. The molecule has 1 saturated heterocycles. The molecule has 0 amide bonds. The van der Waals surface area contributed by atoms with Gasteiger partial charge in [-0.05, 0) is 31.5 Å². The van der Waals surface area contributed by atoms with Crippen LogP contribution in [0.1, 0.15) is 36.6 Å². The van der Waals surface area contributed by atoms with Gasteiger partial charge in [-0.1, -0.05) is 13.8 Å². The first kappa shape index (κ1) is 20.3. The number of aromatic nitrogens is 1. The van der Waals surface area contributed by atoms with Crippen LogP contribution in [0.2, 0.25) is 0 Å². The minimum absolute atomic E-state index is 0.246. The van der Waals surface area contributed by atoms with Gasteiger partial charge in [0, 0.05) is 62.2 Å². The number of rotatable bonds is 5. The lowest BCUT2D eigenvalue weighted by Gasteiger charge is -2.41. The second-order valence-electron chi connectivity index (χ2n) is 8.10. The van der Waals surface area contributed by atoms with E-state index in [2.05, 4.69) is 47.1 Å². The zero-order valence-electron chi connectivity index (χ0n) is 17.5. The lowest BCUT2D eigenvalue weighted by Crippen LogP contribution is -2.52. The smallest absolute Gasteiger partial charge is 0.135 e. The van der Waals surface area contributed by atoms with Gasteiger partial charge in [0.1, 0.15) is 10.8 Å². The molecule has 1 fully saturated rings. The highest BCUT2D eigenvalue weighted by atomic mass is 32.1. The first-order valence-corrected chi connectivity index (χ1v) is 11.0. The summed E-state index contributed by atoms with van der Waals surface area (Å²) in [6.07, 6.45) is 4.31. The Morgan fingerprint density at radius 1 is 1.38 bits per heavy atom. The van der Waals surface area contributed by atoms with Crippen LogP contribution in [0.4, 0.5) is 9.39 Å². The molecule has 156 valence electrons. The number of nitrogens with one attached hydrogen (secondary N) is 1. The molecular weight excluding hydrogens is 387 g/mol. The number of hydrogen-bond donors (Lipinski definition) is 1. The molecule has 2 aliphatic heterocycles. The summed E-state index contributed by atoms with van der Waals surface area (Å²) in [5, 5.41) is 5.67. The molecule has 4 rings (SSSR count). The fraction of sp³-hybridized carbons (Fsp3) is 0.500. The number of pyridine rings is 1. The van der Waals surface area contributed by atoms with Gasteiger partial charge < -0.3 is 15.0 Å². The number of halogens is 1. The van der Waals surface area contributed by atoms with Crippen molar-refractivity contribution in [1.29, 1.82) is 0 Å². The van der Waals surface area contributed by atoms with E-state index < -0.39 is 0 Å². The van der Waals surface area contributed by atoms with Crippen molar-refractivity contribution in [2.75, 3.05) is 45.7 Å². The molecule has 0 saturated carbocycles. The maximum Gasteiger partial charge on any atom is 0.135 e. The molecule has 0 spiro atoms. The molecule has 0 aliphatic carbocycles. The number of methoxy groups -OCH3 is 1. The monoisotopic (exact) mass is 416 g/mol. The van der Waals surface area contributed by atoms with Crippen molar-refractivity contribution in [1.82, 2.24) is 14.8 Å². The van der Waals surface area contributed by atoms with Crippen LogP contribution in [-0.4, -0.2) is 61.2 Å². The number of piperazine rings is 1. The summed E-state index contributed by atoms with van der Waals surface area (Å²) in [6.45, 7) is 7.86. The minimum Gasteiger partial charge on any atom is -0.385 e. The standard InChI is InChI=1S/C22H29FN4OS/c1-14(2)19-11-16-21(27-9-8-26(3)15(13-27)6-10-28-4)20-17(12-25-22(16)29-19)18(23)5-7-24-20/h5,7,11-12,14-15,25H,6,8-10,13H2,1-4H3. The van der Waals surface area contributed by atoms with Crippen molar-refractivity contribution in [3.63, 3.8) is 0 Å². The molecule has 2 aromatic heterocycles. The topological polar surface area (TPSA) is 40.6 Å². The van der Waals surface area contributed by atoms with Gasteiger partial charge in [-0.3, -0.25) is 9.88 Å². The van der Waals surface area contributed by atoms with Crippen LogP contribution in [0.15, 0.2) is 18.3 Å². The largest absolute Gasteiger partial charge is 0.385 e. The van der Waals surface area contributed by atoms with Gasteiger partial charge in [0.15, 0.2) is 0 Å². The number of fused-ring (bicyclic) bond motifs is 2. The molecule has 0 aromatic carbocycles. The van der Waals surface area contributed by atoms with Crippen LogP contribution in [0, 0.1) is 5.82 Å². The Kier molecular flexibility index (Phi) is 5.90. The van der Waals surface area contributed by atoms with Crippen LogP contribution in [0.3, 0.4) is 0 Å². The Balaban J connectivity index is 1.86. The fourth-order valence-electron chi connectivity index (χ4n) is 4.05. The van der Waals surface area contributed by atoms with Gasteiger partial charge >= 0.3 is 0 Å². The van der Waals surface area contributed by atoms with E-state index in [0.717, 1.165) is 54.3 Å². The van der Waals surface area contributed by atoms with Crippen molar-refractivity contribution in [3.05, 3.63) is 45.2 Å². The van der Waals surface area contributed by atoms with E-state index in [1.807, 2.05) is 0 Å². The van der Waals surface area contributed by atoms with E-state index >= 15 is 0 Å². The highest BCUT2D eigenvalue weighted by molar-refractivity contribution is 7.16. The predicted molar refractivity (Wildman–Crippen MR) is 117 cm³/mol. The zero-order valence-corrected chi connectivity index (χ0v) is 18.4. The number of anilines is 1. The van der Waals surface area contributed by atoms with Crippen molar-refractivity contribution in [3.8, 4) is 0 Å². The van der Waals surface area contributed by atoms with Crippen molar-refractivity contribution < 1.29 is 9.13 Å². The van der Waals surface area contributed by atoms with Crippen molar-refractivity contribution in [2.45, 2.75) is 32.2 Å². The highest BCUT2D eigenvalue weighted by Gasteiger charge is 2.29. The van der Waals surface area contributed by atoms with Gasteiger partial charge in [-0.15, -0.1) is 11.3 Å². The molecule has 29 heavy (non-hydrogen) atoms. The second-order valence-corrected chi connectivity index (χ2v) is 9.18. The molecule has 1 atom stereocenters. The minimum atomic E-state index is -0.246. The van der Waals surface area contributed by atoms with E-state index in [1.165, 1.54) is 10.9 Å². The summed E-state index contributed by atoms with van der Waals surface area (Å²) in [4.78, 5) is 10.7. The maximum atomic E-state index is 14.7. The fourth-order valence-corrected chi connectivity index (χ4v) is 5.09. The Morgan fingerprint density at radius 3 is 2.97 bits per heavy atom. The molecule has 2 aromatic rings. The average Bonchev–Trinajstić information content (AvgIpc) is 3.05. The van der Waals surface area contributed by atoms with E-state index in [4.69, 9.17) is 4.74 Å². The number of thiophene rings is 1. The summed E-state index contributed by atoms with van der Waals surface area (Å²) >= 11 is 1.75. The second kappa shape index (κ2) is 8.42. The molecule has 0 radical (unpaired) electrons. The van der Waals surface area contributed by atoms with Crippen LogP contribution in [0.25, 0.3) is 11.9 Å². The van der Waals surface area contributed by atoms with Crippen molar-refractivity contribution >= 4 is 28.2 Å². The van der Waals surface area contributed by atoms with Crippen LogP contribution in [-0.2, 0) is 4.74 Å². The third kappa shape index (κ3) is 3.91. The molecule has 7 heteroatoms. The van der Waals surface area contributed by atoms with Crippen molar-refractivity contribution in [2.24, 2.45) is 0 Å². The average molecular weight is 417 g/mol. The molecular formula is C22H29FN4OS. The lowest BCUT2D eigenvalue weighted by atomic mass is 10.0. The molecule has 4 heterocycles. The Labute approximate surface area is 175 Å². The van der Waals surface area contributed by atoms with Crippen LogP contribution in [0.5, 0.6) is 0 Å². The summed E-state index contributed by atoms with van der Waals surface area (Å²) in [5.74, 6) is 0.196. The Morgan fingerprint density at radius 2 is 2.21 bits per heavy atom. The SMILES string of the molecule is COCCC1CN(C2=c3nccc(F)c3=CNc3sc(C(C)C)cc32)CCN1C. The van der Waals surface area contributed by atoms with Gasteiger partial charge in [-0.2, -0.15) is 0 Å². The van der Waals surface area contributed by atoms with E-state index in [9.17, 15) is 4.39 Å². The summed E-state index contributed by atoms with van der Waals surface area (Å²) in [5.41, 5.74) is 2.16. The Hall–Kier alpha value is -1.96. The number of ether oxygens (including phenoxy) is 1. The van der Waals surface area contributed by atoms with E-state index in [1.54, 1.807) is 30.8 Å². The summed E-state index contributed by atoms with van der Waals surface area (Å²) < 4.78 is 20.0. The number of likely N-dealkylation sites (N-methyl/N-ethyl adjacent to an activating group) is 1. The zero-order chi connectivity index (χ0) is 20.5. The lowest BCUT2D eigenvalue weighted by molar-refractivity contribution is 0.0960. The van der Waals surface area contributed by atoms with E-state index in [-0.39, 0.29) is 5.82 Å². The quantitative estimate of drug-likeness (QED) is 0.811. The number of nitrogens with zero attached hydrogens (tertiary/aromatic N) is 3. The number of hydrogen-bond acceptors (Lipinski definition) is 6. The predicted octanol–water partition coefficient (Wildman–Crippen LogP) is 2.38. The van der Waals surface area contributed by atoms with Gasteiger partial charge in [-0.25, -0.2) is 4.39 Å². The van der Waals surface area contributed by atoms with Gasteiger partial charge in [0.25, 0.3) is 0 Å². The molecule has 2 aliphatic rings. The molecule has 1 N–H and O–H groups in total. The highest BCUT2D eigenvalue weighted by Crippen LogP contribution is 2.38. The normalized spacial score (nSPS) is 19.4.